The molecule has 0 spiro atoms. The summed E-state index contributed by atoms with van der Waals surface area (Å²) in [7, 11) is 1.41. The monoisotopic (exact) mass is 386 g/mol. The SMILES string of the molecule is CO[C@H](C)C(=O)NNC(=O)C1CC(NC(=O)c2cc(-c3ccccc3)no2)C1. The molecule has 1 atom stereocenters. The molecular weight excluding hydrogens is 364 g/mol. The van der Waals surface area contributed by atoms with Crippen LogP contribution in [0.1, 0.15) is 30.3 Å². The highest BCUT2D eigenvalue weighted by Gasteiger charge is 2.36. The van der Waals surface area contributed by atoms with Gasteiger partial charge in [-0.1, -0.05) is 35.5 Å². The zero-order chi connectivity index (χ0) is 20.1. The molecule has 9 heteroatoms. The van der Waals surface area contributed by atoms with E-state index in [1.807, 2.05) is 30.3 Å². The lowest BCUT2D eigenvalue weighted by Gasteiger charge is -2.34. The maximum atomic E-state index is 12.3. The lowest BCUT2D eigenvalue weighted by atomic mass is 9.79. The highest BCUT2D eigenvalue weighted by atomic mass is 16.5. The second-order valence-corrected chi connectivity index (χ2v) is 6.64. The van der Waals surface area contributed by atoms with Crippen LogP contribution >= 0.6 is 0 Å². The van der Waals surface area contributed by atoms with Gasteiger partial charge in [0.1, 0.15) is 11.8 Å². The fraction of sp³-hybridized carbons (Fsp3) is 0.368. The number of amides is 3. The maximum Gasteiger partial charge on any atom is 0.290 e. The van der Waals surface area contributed by atoms with Gasteiger partial charge in [0.15, 0.2) is 0 Å². The lowest BCUT2D eigenvalue weighted by Crippen LogP contribution is -2.53. The summed E-state index contributed by atoms with van der Waals surface area (Å²) in [6.07, 6.45) is 0.302. The number of nitrogens with one attached hydrogen (secondary N) is 3. The first-order chi connectivity index (χ1) is 13.5. The first-order valence-electron chi connectivity index (χ1n) is 8.93. The Kier molecular flexibility index (Phi) is 6.05. The van der Waals surface area contributed by atoms with Crippen molar-refractivity contribution in [1.82, 2.24) is 21.3 Å². The molecule has 2 aromatic rings. The summed E-state index contributed by atoms with van der Waals surface area (Å²) in [6, 6.07) is 10.8. The molecule has 1 aromatic heterocycles. The van der Waals surface area contributed by atoms with E-state index in [2.05, 4.69) is 21.3 Å². The normalized spacial score (nSPS) is 19.2. The highest BCUT2D eigenvalue weighted by molar-refractivity contribution is 5.93. The third-order valence-electron chi connectivity index (χ3n) is 4.68. The van der Waals surface area contributed by atoms with E-state index >= 15 is 0 Å². The van der Waals surface area contributed by atoms with Gasteiger partial charge >= 0.3 is 0 Å². The van der Waals surface area contributed by atoms with Crippen molar-refractivity contribution in [2.45, 2.75) is 31.9 Å². The van der Waals surface area contributed by atoms with E-state index in [-0.39, 0.29) is 29.5 Å². The third kappa shape index (κ3) is 4.55. The molecular formula is C19H22N4O5. The van der Waals surface area contributed by atoms with Crippen molar-refractivity contribution in [3.8, 4) is 11.3 Å². The van der Waals surface area contributed by atoms with Gasteiger partial charge in [-0.25, -0.2) is 0 Å². The molecule has 1 aromatic carbocycles. The Hall–Kier alpha value is -3.20. The topological polar surface area (TPSA) is 123 Å². The summed E-state index contributed by atoms with van der Waals surface area (Å²) in [6.45, 7) is 1.57. The van der Waals surface area contributed by atoms with Crippen LogP contribution in [0.2, 0.25) is 0 Å². The van der Waals surface area contributed by atoms with Gasteiger partial charge in [-0.15, -0.1) is 0 Å². The maximum absolute atomic E-state index is 12.3. The molecule has 0 aliphatic heterocycles. The Morgan fingerprint density at radius 3 is 2.57 bits per heavy atom. The number of nitrogens with zero attached hydrogens (tertiary/aromatic N) is 1. The number of ether oxygens (including phenoxy) is 1. The molecule has 9 nitrogen and oxygen atoms in total. The minimum atomic E-state index is -0.656. The summed E-state index contributed by atoms with van der Waals surface area (Å²) < 4.78 is 9.97. The summed E-state index contributed by atoms with van der Waals surface area (Å²) in [5.74, 6) is -1.26. The van der Waals surface area contributed by atoms with Crippen molar-refractivity contribution < 1.29 is 23.6 Å². The Bertz CT molecular complexity index is 845. The van der Waals surface area contributed by atoms with Crippen LogP contribution < -0.4 is 16.2 Å². The van der Waals surface area contributed by atoms with Gasteiger partial charge in [0.2, 0.25) is 11.7 Å². The Morgan fingerprint density at radius 1 is 1.18 bits per heavy atom. The summed E-state index contributed by atoms with van der Waals surface area (Å²) >= 11 is 0. The Balaban J connectivity index is 1.43. The highest BCUT2D eigenvalue weighted by Crippen LogP contribution is 2.28. The number of rotatable bonds is 6. The molecule has 1 saturated carbocycles. The van der Waals surface area contributed by atoms with Crippen molar-refractivity contribution in [3.05, 3.63) is 42.2 Å². The van der Waals surface area contributed by atoms with Gasteiger partial charge in [0.25, 0.3) is 11.8 Å². The van der Waals surface area contributed by atoms with Crippen molar-refractivity contribution in [1.29, 1.82) is 0 Å². The van der Waals surface area contributed by atoms with Crippen molar-refractivity contribution >= 4 is 17.7 Å². The van der Waals surface area contributed by atoms with Crippen molar-refractivity contribution in [2.24, 2.45) is 5.92 Å². The number of carbonyl (C=O) groups excluding carboxylic acids is 3. The largest absolute Gasteiger partial charge is 0.372 e. The van der Waals surface area contributed by atoms with Gasteiger partial charge in [-0.2, -0.15) is 0 Å². The zero-order valence-corrected chi connectivity index (χ0v) is 15.6. The van der Waals surface area contributed by atoms with Gasteiger partial charge < -0.3 is 14.6 Å². The standard InChI is InChI=1S/C19H22N4O5/c1-11(27-2)17(24)21-22-18(25)13-8-14(9-13)20-19(26)16-10-15(23-28-16)12-6-4-3-5-7-12/h3-7,10-11,13-14H,8-9H2,1-2H3,(H,20,26)(H,21,24)(H,22,25)/t11-,13?,14?/m1/s1. The van der Waals surface area contributed by atoms with Gasteiger partial charge in [0.05, 0.1) is 0 Å². The number of hydrogen-bond acceptors (Lipinski definition) is 6. The van der Waals surface area contributed by atoms with Gasteiger partial charge in [-0.05, 0) is 19.8 Å². The molecule has 3 amide bonds. The molecule has 3 rings (SSSR count). The van der Waals surface area contributed by atoms with E-state index in [1.54, 1.807) is 13.0 Å². The molecule has 28 heavy (non-hydrogen) atoms. The fourth-order valence-corrected chi connectivity index (χ4v) is 2.77. The molecule has 1 aliphatic rings. The summed E-state index contributed by atoms with van der Waals surface area (Å²) in [4.78, 5) is 35.8. The third-order valence-corrected chi connectivity index (χ3v) is 4.68. The first kappa shape index (κ1) is 19.6. The summed E-state index contributed by atoms with van der Waals surface area (Å²) in [5, 5.41) is 6.73. The van der Waals surface area contributed by atoms with Gasteiger partial charge in [-0.3, -0.25) is 25.2 Å². The number of hydrazine groups is 1. The quantitative estimate of drug-likeness (QED) is 0.638. The molecule has 0 saturated heterocycles. The van der Waals surface area contributed by atoms with E-state index in [0.717, 1.165) is 5.56 Å². The molecule has 1 aliphatic carbocycles. The fourth-order valence-electron chi connectivity index (χ4n) is 2.77. The van der Waals surface area contributed by atoms with Crippen LogP contribution in [-0.4, -0.2) is 42.1 Å². The van der Waals surface area contributed by atoms with Crippen LogP contribution in [0.4, 0.5) is 0 Å². The summed E-state index contributed by atoms with van der Waals surface area (Å²) in [5.41, 5.74) is 6.11. The lowest BCUT2D eigenvalue weighted by molar-refractivity contribution is -0.137. The van der Waals surface area contributed by atoms with Crippen LogP contribution in [0.15, 0.2) is 40.9 Å². The molecule has 0 unspecified atom stereocenters. The number of benzene rings is 1. The minimum Gasteiger partial charge on any atom is -0.372 e. The van der Waals surface area contributed by atoms with E-state index in [4.69, 9.17) is 9.26 Å². The molecule has 148 valence electrons. The van der Waals surface area contributed by atoms with E-state index in [9.17, 15) is 14.4 Å². The Morgan fingerprint density at radius 2 is 1.89 bits per heavy atom. The van der Waals surface area contributed by atoms with Crippen molar-refractivity contribution in [2.75, 3.05) is 7.11 Å². The van der Waals surface area contributed by atoms with Gasteiger partial charge in [0, 0.05) is 30.7 Å². The second-order valence-electron chi connectivity index (χ2n) is 6.64. The van der Waals surface area contributed by atoms with E-state index < -0.39 is 12.0 Å². The predicted octanol–water partition coefficient (Wildman–Crippen LogP) is 1.03. The van der Waals surface area contributed by atoms with E-state index in [0.29, 0.717) is 18.5 Å². The number of hydrogen-bond donors (Lipinski definition) is 3. The second kappa shape index (κ2) is 8.66. The molecule has 0 bridgehead atoms. The van der Waals surface area contributed by atoms with Crippen LogP contribution in [0.3, 0.4) is 0 Å². The molecule has 3 N–H and O–H groups in total. The van der Waals surface area contributed by atoms with Crippen LogP contribution in [-0.2, 0) is 14.3 Å². The van der Waals surface area contributed by atoms with Crippen LogP contribution in [0.25, 0.3) is 11.3 Å². The zero-order valence-electron chi connectivity index (χ0n) is 15.6. The average molecular weight is 386 g/mol. The number of aromatic nitrogens is 1. The number of methoxy groups -OCH3 is 1. The van der Waals surface area contributed by atoms with Crippen molar-refractivity contribution in [3.63, 3.8) is 0 Å². The molecule has 1 heterocycles. The smallest absolute Gasteiger partial charge is 0.290 e. The minimum absolute atomic E-state index is 0.118. The first-order valence-corrected chi connectivity index (χ1v) is 8.93. The molecule has 0 radical (unpaired) electrons. The van der Waals surface area contributed by atoms with Crippen LogP contribution in [0.5, 0.6) is 0 Å². The van der Waals surface area contributed by atoms with E-state index in [1.165, 1.54) is 7.11 Å². The predicted molar refractivity (Wildman–Crippen MR) is 98.7 cm³/mol. The number of carbonyl (C=O) groups is 3. The van der Waals surface area contributed by atoms with Crippen LogP contribution in [0, 0.1) is 5.92 Å². The average Bonchev–Trinajstić information content (AvgIpc) is 3.18. The Labute approximate surface area is 161 Å². The molecule has 1 fully saturated rings.